The molecule has 0 amide bonds. The zero-order valence-corrected chi connectivity index (χ0v) is 13.5. The molecular formula is C12H23BrN6. The predicted octanol–water partition coefficient (Wildman–Crippen LogP) is 2.06. The van der Waals surface area contributed by atoms with Crippen LogP contribution in [0.4, 0.5) is 11.6 Å². The first-order valence-electron chi connectivity index (χ1n) is 6.44. The molecule has 0 spiro atoms. The van der Waals surface area contributed by atoms with Gasteiger partial charge in [0, 0.05) is 25.2 Å². The average molecular weight is 331 g/mol. The fourth-order valence-electron chi connectivity index (χ4n) is 2.01. The molecule has 1 rings (SSSR count). The van der Waals surface area contributed by atoms with Gasteiger partial charge >= 0.3 is 0 Å². The molecule has 0 atom stereocenters. The summed E-state index contributed by atoms with van der Waals surface area (Å²) in [6.07, 6.45) is 1.48. The summed E-state index contributed by atoms with van der Waals surface area (Å²) in [7, 11) is 0. The van der Waals surface area contributed by atoms with Crippen molar-refractivity contribution in [2.75, 3.05) is 23.8 Å². The molecule has 0 radical (unpaired) electrons. The summed E-state index contributed by atoms with van der Waals surface area (Å²) in [5.74, 6) is 6.69. The van der Waals surface area contributed by atoms with Crippen LogP contribution in [-0.4, -0.2) is 40.0 Å². The number of nitrogens with two attached hydrogens (primary N) is 1. The van der Waals surface area contributed by atoms with Crippen molar-refractivity contribution in [3.8, 4) is 0 Å². The first-order chi connectivity index (χ1) is 8.97. The van der Waals surface area contributed by atoms with E-state index in [1.807, 2.05) is 0 Å². The van der Waals surface area contributed by atoms with Gasteiger partial charge in [-0.1, -0.05) is 0 Å². The van der Waals surface area contributed by atoms with Gasteiger partial charge in [0.1, 0.15) is 16.6 Å². The second kappa shape index (κ2) is 7.62. The van der Waals surface area contributed by atoms with E-state index in [9.17, 15) is 0 Å². The zero-order valence-electron chi connectivity index (χ0n) is 11.9. The van der Waals surface area contributed by atoms with Crippen LogP contribution in [0.2, 0.25) is 0 Å². The molecule has 7 heteroatoms. The van der Waals surface area contributed by atoms with Gasteiger partial charge in [-0.25, -0.2) is 15.8 Å². The molecule has 6 nitrogen and oxygen atoms in total. The number of hydrazine groups is 1. The molecule has 0 aromatic carbocycles. The van der Waals surface area contributed by atoms with Crippen LogP contribution in [0.1, 0.15) is 27.7 Å². The van der Waals surface area contributed by atoms with Crippen LogP contribution in [0.25, 0.3) is 0 Å². The van der Waals surface area contributed by atoms with E-state index in [1.54, 1.807) is 0 Å². The van der Waals surface area contributed by atoms with E-state index in [1.165, 1.54) is 6.33 Å². The predicted molar refractivity (Wildman–Crippen MR) is 83.0 cm³/mol. The van der Waals surface area contributed by atoms with Crippen molar-refractivity contribution in [2.24, 2.45) is 5.84 Å². The number of hydrogen-bond acceptors (Lipinski definition) is 6. The number of nitrogens with one attached hydrogen (secondary N) is 2. The molecule has 1 aromatic rings. The zero-order chi connectivity index (χ0) is 14.4. The van der Waals surface area contributed by atoms with Gasteiger partial charge in [-0.3, -0.25) is 4.90 Å². The lowest BCUT2D eigenvalue weighted by atomic mass is 10.2. The Hall–Kier alpha value is -0.920. The topological polar surface area (TPSA) is 79.1 Å². The van der Waals surface area contributed by atoms with Crippen LogP contribution in [0.15, 0.2) is 10.8 Å². The monoisotopic (exact) mass is 330 g/mol. The molecule has 0 aliphatic carbocycles. The Morgan fingerprint density at radius 1 is 1.21 bits per heavy atom. The van der Waals surface area contributed by atoms with Gasteiger partial charge in [0.25, 0.3) is 0 Å². The Morgan fingerprint density at radius 3 is 2.32 bits per heavy atom. The average Bonchev–Trinajstić information content (AvgIpc) is 2.35. The molecule has 1 aromatic heterocycles. The van der Waals surface area contributed by atoms with Crippen LogP contribution in [-0.2, 0) is 0 Å². The van der Waals surface area contributed by atoms with Gasteiger partial charge in [-0.2, -0.15) is 0 Å². The number of aromatic nitrogens is 2. The molecule has 108 valence electrons. The van der Waals surface area contributed by atoms with Crippen molar-refractivity contribution in [1.29, 1.82) is 0 Å². The van der Waals surface area contributed by atoms with E-state index in [0.29, 0.717) is 17.9 Å². The van der Waals surface area contributed by atoms with E-state index in [2.05, 4.69) is 69.2 Å². The summed E-state index contributed by atoms with van der Waals surface area (Å²) in [5.41, 5.74) is 2.52. The Kier molecular flexibility index (Phi) is 6.47. The minimum Gasteiger partial charge on any atom is -0.368 e. The van der Waals surface area contributed by atoms with Crippen LogP contribution >= 0.6 is 15.9 Å². The summed E-state index contributed by atoms with van der Waals surface area (Å²) < 4.78 is 0.748. The van der Waals surface area contributed by atoms with Crippen LogP contribution < -0.4 is 16.6 Å². The molecule has 0 aliphatic rings. The second-order valence-electron chi connectivity index (χ2n) is 4.88. The maximum Gasteiger partial charge on any atom is 0.159 e. The van der Waals surface area contributed by atoms with Crippen molar-refractivity contribution in [3.63, 3.8) is 0 Å². The molecule has 0 bridgehead atoms. The van der Waals surface area contributed by atoms with Crippen LogP contribution in [0.5, 0.6) is 0 Å². The number of rotatable bonds is 7. The van der Waals surface area contributed by atoms with E-state index in [0.717, 1.165) is 23.4 Å². The minimum absolute atomic E-state index is 0.525. The first kappa shape index (κ1) is 16.1. The largest absolute Gasteiger partial charge is 0.368 e. The van der Waals surface area contributed by atoms with Gasteiger partial charge in [-0.15, -0.1) is 0 Å². The third kappa shape index (κ3) is 4.59. The van der Waals surface area contributed by atoms with Crippen molar-refractivity contribution in [1.82, 2.24) is 14.9 Å². The number of nitrogen functional groups attached to an aromatic ring is 1. The molecule has 0 aliphatic heterocycles. The van der Waals surface area contributed by atoms with Gasteiger partial charge in [-0.05, 0) is 43.6 Å². The highest BCUT2D eigenvalue weighted by Gasteiger charge is 2.13. The Morgan fingerprint density at radius 2 is 1.79 bits per heavy atom. The quantitative estimate of drug-likeness (QED) is 0.524. The summed E-state index contributed by atoms with van der Waals surface area (Å²) in [6, 6.07) is 1.05. The lowest BCUT2D eigenvalue weighted by molar-refractivity contribution is 0.182. The van der Waals surface area contributed by atoms with Crippen molar-refractivity contribution >= 4 is 27.6 Å². The highest BCUT2D eigenvalue weighted by atomic mass is 79.9. The number of hydrogen-bond donors (Lipinski definition) is 3. The molecule has 0 saturated carbocycles. The van der Waals surface area contributed by atoms with Crippen LogP contribution in [0.3, 0.4) is 0 Å². The maximum absolute atomic E-state index is 5.37. The molecular weight excluding hydrogens is 308 g/mol. The summed E-state index contributed by atoms with van der Waals surface area (Å²) in [5, 5.41) is 3.29. The third-order valence-corrected chi connectivity index (χ3v) is 3.67. The molecule has 0 unspecified atom stereocenters. The molecule has 1 heterocycles. The fourth-order valence-corrected chi connectivity index (χ4v) is 2.47. The van der Waals surface area contributed by atoms with E-state index in [-0.39, 0.29) is 0 Å². The summed E-state index contributed by atoms with van der Waals surface area (Å²) in [4.78, 5) is 10.6. The summed E-state index contributed by atoms with van der Waals surface area (Å²) >= 11 is 3.42. The third-order valence-electron chi connectivity index (χ3n) is 2.92. The van der Waals surface area contributed by atoms with E-state index < -0.39 is 0 Å². The van der Waals surface area contributed by atoms with E-state index in [4.69, 9.17) is 5.84 Å². The highest BCUT2D eigenvalue weighted by molar-refractivity contribution is 9.10. The molecule has 0 fully saturated rings. The molecule has 0 saturated heterocycles. The van der Waals surface area contributed by atoms with Gasteiger partial charge in [0.05, 0.1) is 0 Å². The fraction of sp³-hybridized carbons (Fsp3) is 0.667. The summed E-state index contributed by atoms with van der Waals surface area (Å²) in [6.45, 7) is 10.6. The normalized spacial score (nSPS) is 11.4. The SMILES string of the molecule is CC(C)N(CCNc1ncnc(NN)c1Br)C(C)C. The second-order valence-corrected chi connectivity index (χ2v) is 5.67. The van der Waals surface area contributed by atoms with E-state index >= 15 is 0 Å². The maximum atomic E-state index is 5.37. The number of halogens is 1. The first-order valence-corrected chi connectivity index (χ1v) is 7.23. The van der Waals surface area contributed by atoms with Gasteiger partial charge in [0.15, 0.2) is 5.82 Å². The smallest absolute Gasteiger partial charge is 0.159 e. The minimum atomic E-state index is 0.525. The van der Waals surface area contributed by atoms with Crippen molar-refractivity contribution in [2.45, 2.75) is 39.8 Å². The number of nitrogens with zero attached hydrogens (tertiary/aromatic N) is 3. The highest BCUT2D eigenvalue weighted by Crippen LogP contribution is 2.25. The van der Waals surface area contributed by atoms with Crippen molar-refractivity contribution < 1.29 is 0 Å². The molecule has 19 heavy (non-hydrogen) atoms. The Balaban J connectivity index is 2.58. The van der Waals surface area contributed by atoms with Gasteiger partial charge in [0.2, 0.25) is 0 Å². The standard InChI is InChI=1S/C12H23BrN6/c1-8(2)19(9(3)4)6-5-15-11-10(13)12(18-14)17-7-16-11/h7-9H,5-6,14H2,1-4H3,(H2,15,16,17,18). The Labute approximate surface area is 123 Å². The number of anilines is 2. The van der Waals surface area contributed by atoms with Gasteiger partial charge < -0.3 is 10.7 Å². The molecule has 4 N–H and O–H groups in total. The van der Waals surface area contributed by atoms with Crippen LogP contribution in [0, 0.1) is 0 Å². The lowest BCUT2D eigenvalue weighted by Gasteiger charge is -2.30. The van der Waals surface area contributed by atoms with Crippen molar-refractivity contribution in [3.05, 3.63) is 10.8 Å². The lowest BCUT2D eigenvalue weighted by Crippen LogP contribution is -2.40. The Bertz CT molecular complexity index is 388.